The van der Waals surface area contributed by atoms with Crippen molar-refractivity contribution < 1.29 is 56.5 Å². The molecule has 0 amide bonds. The van der Waals surface area contributed by atoms with E-state index in [1.165, 1.54) is 12.1 Å². The maximum absolute atomic E-state index is 14.8. The highest BCUT2D eigenvalue weighted by Crippen LogP contribution is 2.58. The van der Waals surface area contributed by atoms with Gasteiger partial charge in [0.25, 0.3) is 0 Å². The summed E-state index contributed by atoms with van der Waals surface area (Å²) in [5, 5.41) is -7.02. The molecule has 0 spiro atoms. The summed E-state index contributed by atoms with van der Waals surface area (Å²) >= 11 is 0. The quantitative estimate of drug-likeness (QED) is 0.231. The van der Waals surface area contributed by atoms with Crippen LogP contribution in [0.2, 0.25) is 0 Å². The Morgan fingerprint density at radius 2 is 1.05 bits per heavy atom. The highest BCUT2D eigenvalue weighted by molar-refractivity contribution is 7.91. The number of halogens is 8. The van der Waals surface area contributed by atoms with Crippen LogP contribution in [0.4, 0.5) is 35.1 Å². The summed E-state index contributed by atoms with van der Waals surface area (Å²) in [5.74, 6) is -20.7. The first-order valence-electron chi connectivity index (χ1n) is 10.6. The molecule has 0 atom stereocenters. The molecule has 0 aliphatic carbocycles. The van der Waals surface area contributed by atoms with E-state index in [1.54, 1.807) is 24.3 Å². The molecule has 0 aliphatic heterocycles. The minimum atomic E-state index is -7.33. The van der Waals surface area contributed by atoms with Gasteiger partial charge in [-0.3, -0.25) is 4.55 Å². The number of benzene rings is 3. The molecule has 0 saturated carbocycles. The van der Waals surface area contributed by atoms with Crippen molar-refractivity contribution in [3.8, 4) is 11.1 Å². The van der Waals surface area contributed by atoms with Crippen molar-refractivity contribution >= 4 is 20.0 Å². The molecule has 0 aliphatic rings. The molecular formula is C24H18F8O5S2. The molecule has 3 rings (SSSR count). The fourth-order valence-electron chi connectivity index (χ4n) is 3.53. The lowest BCUT2D eigenvalue weighted by Crippen LogP contribution is -2.63. The van der Waals surface area contributed by atoms with Crippen molar-refractivity contribution in [2.24, 2.45) is 0 Å². The van der Waals surface area contributed by atoms with E-state index in [4.69, 9.17) is 4.55 Å². The first-order valence-corrected chi connectivity index (χ1v) is 13.5. The Balaban J connectivity index is 2.09. The van der Waals surface area contributed by atoms with Crippen molar-refractivity contribution in [3.05, 3.63) is 83.4 Å². The van der Waals surface area contributed by atoms with Crippen molar-refractivity contribution in [3.63, 3.8) is 0 Å². The summed E-state index contributed by atoms with van der Waals surface area (Å²) < 4.78 is 169. The van der Waals surface area contributed by atoms with Crippen LogP contribution in [-0.2, 0) is 25.9 Å². The number of aryl methyl sites for hydroxylation is 2. The molecule has 1 N–H and O–H groups in total. The Bertz CT molecular complexity index is 1600. The van der Waals surface area contributed by atoms with Crippen LogP contribution >= 0.6 is 0 Å². The van der Waals surface area contributed by atoms with Gasteiger partial charge in [0.05, 0.1) is 9.79 Å². The van der Waals surface area contributed by atoms with E-state index in [1.807, 2.05) is 6.92 Å². The second-order valence-corrected chi connectivity index (χ2v) is 12.0. The zero-order chi connectivity index (χ0) is 29.8. The highest BCUT2D eigenvalue weighted by Gasteiger charge is 2.84. The maximum atomic E-state index is 14.8. The second-order valence-electron chi connectivity index (χ2n) is 8.59. The van der Waals surface area contributed by atoms with E-state index < -0.39 is 63.9 Å². The summed E-state index contributed by atoms with van der Waals surface area (Å²) in [6, 6.07) is 13.2. The standard InChI is InChI=1S/C24H18F8O5S2/c1-14-3-6-16(7-4-14)17-8-11-18(12-9-17)38(33,34)19-10-5-15(2)20(13-19)21(25,26)22(27,28)23(29,30)24(31,32)39(35,36)37/h3-13H,1-2H3,(H,35,36,37). The van der Waals surface area contributed by atoms with Gasteiger partial charge in [0, 0.05) is 5.56 Å². The van der Waals surface area contributed by atoms with Gasteiger partial charge in [-0.1, -0.05) is 48.0 Å². The minimum Gasteiger partial charge on any atom is -0.281 e. The topological polar surface area (TPSA) is 88.5 Å². The monoisotopic (exact) mass is 602 g/mol. The van der Waals surface area contributed by atoms with Gasteiger partial charge in [0.2, 0.25) is 9.84 Å². The Labute approximate surface area is 217 Å². The van der Waals surface area contributed by atoms with Crippen LogP contribution in [0.3, 0.4) is 0 Å². The highest BCUT2D eigenvalue weighted by atomic mass is 32.2. The Kier molecular flexibility index (Phi) is 7.47. The molecule has 0 aromatic heterocycles. The predicted octanol–water partition coefficient (Wildman–Crippen LogP) is 6.65. The van der Waals surface area contributed by atoms with Crippen molar-refractivity contribution in [1.82, 2.24) is 0 Å². The lowest BCUT2D eigenvalue weighted by Gasteiger charge is -2.36. The van der Waals surface area contributed by atoms with Crippen LogP contribution in [0, 0.1) is 13.8 Å². The van der Waals surface area contributed by atoms with Gasteiger partial charge in [-0.25, -0.2) is 8.42 Å². The molecule has 0 heterocycles. The molecule has 5 nitrogen and oxygen atoms in total. The molecule has 0 saturated heterocycles. The van der Waals surface area contributed by atoms with Crippen LogP contribution in [0.1, 0.15) is 16.7 Å². The Morgan fingerprint density at radius 1 is 0.615 bits per heavy atom. The van der Waals surface area contributed by atoms with Crippen LogP contribution in [0.25, 0.3) is 11.1 Å². The summed E-state index contributed by atoms with van der Waals surface area (Å²) in [5.41, 5.74) is -0.775. The van der Waals surface area contributed by atoms with Gasteiger partial charge >= 0.3 is 33.1 Å². The average Bonchev–Trinajstić information content (AvgIpc) is 2.83. The largest absolute Gasteiger partial charge is 0.438 e. The third kappa shape index (κ3) is 4.91. The molecule has 0 bridgehead atoms. The number of hydrogen-bond acceptors (Lipinski definition) is 4. The van der Waals surface area contributed by atoms with Crippen molar-refractivity contribution in [1.29, 1.82) is 0 Å². The second kappa shape index (κ2) is 9.55. The molecule has 0 unspecified atom stereocenters. The first-order chi connectivity index (χ1) is 17.6. The van der Waals surface area contributed by atoms with Gasteiger partial charge < -0.3 is 0 Å². The lowest BCUT2D eigenvalue weighted by atomic mass is 9.94. The molecule has 39 heavy (non-hydrogen) atoms. The molecule has 0 radical (unpaired) electrons. The predicted molar refractivity (Wildman–Crippen MR) is 124 cm³/mol. The third-order valence-electron chi connectivity index (χ3n) is 5.89. The SMILES string of the molecule is Cc1ccc(-c2ccc(S(=O)(=O)c3ccc(C)c(C(F)(F)C(F)(F)C(F)(F)C(F)(F)S(=O)(=O)O)c3)cc2)cc1. The van der Waals surface area contributed by atoms with Crippen LogP contribution < -0.4 is 0 Å². The van der Waals surface area contributed by atoms with Gasteiger partial charge in [-0.05, 0) is 54.8 Å². The fourth-order valence-corrected chi connectivity index (χ4v) is 5.27. The summed E-state index contributed by atoms with van der Waals surface area (Å²) in [6.07, 6.45) is 0. The van der Waals surface area contributed by atoms with Crippen LogP contribution in [0.15, 0.2) is 76.5 Å². The smallest absolute Gasteiger partial charge is 0.281 e. The van der Waals surface area contributed by atoms with E-state index in [2.05, 4.69) is 0 Å². The third-order valence-corrected chi connectivity index (χ3v) is 8.56. The maximum Gasteiger partial charge on any atom is 0.438 e. The molecule has 0 fully saturated rings. The van der Waals surface area contributed by atoms with E-state index >= 15 is 0 Å². The van der Waals surface area contributed by atoms with Crippen LogP contribution in [0.5, 0.6) is 0 Å². The molecule has 3 aromatic carbocycles. The van der Waals surface area contributed by atoms with Gasteiger partial charge in [0.15, 0.2) is 0 Å². The number of hydrogen-bond donors (Lipinski definition) is 1. The number of sulfone groups is 1. The van der Waals surface area contributed by atoms with E-state index in [0.717, 1.165) is 17.7 Å². The summed E-state index contributed by atoms with van der Waals surface area (Å²) in [6.45, 7) is 2.53. The molecule has 3 aromatic rings. The normalized spacial score (nSPS) is 13.9. The number of alkyl halides is 8. The molecule has 15 heteroatoms. The summed E-state index contributed by atoms with van der Waals surface area (Å²) in [4.78, 5) is -1.56. The number of rotatable bonds is 8. The zero-order valence-electron chi connectivity index (χ0n) is 19.8. The van der Waals surface area contributed by atoms with Crippen molar-refractivity contribution in [2.45, 2.75) is 46.7 Å². The summed E-state index contributed by atoms with van der Waals surface area (Å²) in [7, 11) is -12.0. The van der Waals surface area contributed by atoms with Gasteiger partial charge in [0.1, 0.15) is 0 Å². The zero-order valence-corrected chi connectivity index (χ0v) is 21.4. The first kappa shape index (κ1) is 30.5. The van der Waals surface area contributed by atoms with E-state index in [0.29, 0.717) is 30.2 Å². The lowest BCUT2D eigenvalue weighted by molar-refractivity contribution is -0.353. The van der Waals surface area contributed by atoms with Gasteiger partial charge in [-0.2, -0.15) is 43.5 Å². The molecular weight excluding hydrogens is 584 g/mol. The average molecular weight is 603 g/mol. The Hall–Kier alpha value is -3.04. The van der Waals surface area contributed by atoms with Gasteiger partial charge in [-0.15, -0.1) is 0 Å². The van der Waals surface area contributed by atoms with Crippen LogP contribution in [-0.4, -0.2) is 38.5 Å². The minimum absolute atomic E-state index is 0.0892. The van der Waals surface area contributed by atoms with E-state index in [-0.39, 0.29) is 6.07 Å². The molecule has 212 valence electrons. The fraction of sp³-hybridized carbons (Fsp3) is 0.250. The Morgan fingerprint density at radius 3 is 1.51 bits per heavy atom. The van der Waals surface area contributed by atoms with E-state index in [9.17, 15) is 52.0 Å². The van der Waals surface area contributed by atoms with Crippen molar-refractivity contribution in [2.75, 3.05) is 0 Å².